The number of alkyl halides is 3. The van der Waals surface area contributed by atoms with Gasteiger partial charge in [0.25, 0.3) is 5.91 Å². The van der Waals surface area contributed by atoms with E-state index in [1.54, 1.807) is 30.3 Å². The Hall–Kier alpha value is -3.29. The Labute approximate surface area is 179 Å². The topological polar surface area (TPSA) is 72.9 Å². The average molecular weight is 430 g/mol. The number of nitrogen functional groups attached to an aromatic ring is 1. The third-order valence-electron chi connectivity index (χ3n) is 4.80. The van der Waals surface area contributed by atoms with Gasteiger partial charge in [0.1, 0.15) is 5.82 Å². The number of amides is 1. The molecule has 0 saturated carbocycles. The third kappa shape index (κ3) is 5.45. The number of nitrogens with zero attached hydrogens (tertiary/aromatic N) is 2. The summed E-state index contributed by atoms with van der Waals surface area (Å²) in [6, 6.07) is 13.2. The molecule has 0 aliphatic rings. The molecule has 0 fully saturated rings. The second-order valence-corrected chi connectivity index (χ2v) is 8.00. The molecular weight excluding hydrogens is 405 g/mol. The van der Waals surface area contributed by atoms with E-state index in [1.165, 1.54) is 16.8 Å². The van der Waals surface area contributed by atoms with Gasteiger partial charge in [-0.3, -0.25) is 4.79 Å². The standard InChI is InChI=1S/C23H25F3N4O/c1-14(2)11-15(3)28-22(31)16-7-9-19(10-8-16)30-21(27)13-20(29-30)17-5-4-6-18(12-17)23(24,25)26/h4-10,12-15H,11,27H2,1-3H3,(H,28,31). The zero-order valence-electron chi connectivity index (χ0n) is 17.6. The van der Waals surface area contributed by atoms with Gasteiger partial charge in [-0.1, -0.05) is 26.0 Å². The van der Waals surface area contributed by atoms with Gasteiger partial charge in [-0.25, -0.2) is 4.68 Å². The lowest BCUT2D eigenvalue weighted by molar-refractivity contribution is -0.137. The summed E-state index contributed by atoms with van der Waals surface area (Å²) in [5, 5.41) is 7.32. The first-order valence-corrected chi connectivity index (χ1v) is 9.99. The molecule has 0 aliphatic heterocycles. The van der Waals surface area contributed by atoms with Gasteiger partial charge in [0, 0.05) is 23.2 Å². The van der Waals surface area contributed by atoms with E-state index in [2.05, 4.69) is 24.3 Å². The van der Waals surface area contributed by atoms with E-state index < -0.39 is 11.7 Å². The van der Waals surface area contributed by atoms with Crippen molar-refractivity contribution in [2.24, 2.45) is 5.92 Å². The molecule has 0 bridgehead atoms. The van der Waals surface area contributed by atoms with Gasteiger partial charge >= 0.3 is 6.18 Å². The Morgan fingerprint density at radius 3 is 2.39 bits per heavy atom. The largest absolute Gasteiger partial charge is 0.416 e. The number of anilines is 1. The fraction of sp³-hybridized carbons (Fsp3) is 0.304. The van der Waals surface area contributed by atoms with Crippen LogP contribution >= 0.6 is 0 Å². The summed E-state index contributed by atoms with van der Waals surface area (Å²) < 4.78 is 40.4. The van der Waals surface area contributed by atoms with Gasteiger partial charge in [0.2, 0.25) is 0 Å². The molecule has 3 rings (SSSR count). The number of carbonyl (C=O) groups excluding carboxylic acids is 1. The molecule has 3 N–H and O–H groups in total. The number of nitrogens with one attached hydrogen (secondary N) is 1. The molecule has 2 aromatic carbocycles. The molecule has 3 aromatic rings. The lowest BCUT2D eigenvalue weighted by Gasteiger charge is -2.16. The fourth-order valence-corrected chi connectivity index (χ4v) is 3.43. The van der Waals surface area contributed by atoms with Crippen LogP contribution in [0.15, 0.2) is 54.6 Å². The van der Waals surface area contributed by atoms with E-state index in [-0.39, 0.29) is 17.8 Å². The lowest BCUT2D eigenvalue weighted by atomic mass is 10.0. The Kier molecular flexibility index (Phi) is 6.38. The summed E-state index contributed by atoms with van der Waals surface area (Å²) in [7, 11) is 0. The Balaban J connectivity index is 1.80. The van der Waals surface area contributed by atoms with Crippen molar-refractivity contribution in [2.45, 2.75) is 39.4 Å². The summed E-state index contributed by atoms with van der Waals surface area (Å²) in [5.41, 5.74) is 7.04. The van der Waals surface area contributed by atoms with E-state index in [1.807, 2.05) is 6.92 Å². The second-order valence-electron chi connectivity index (χ2n) is 8.00. The fourth-order valence-electron chi connectivity index (χ4n) is 3.43. The summed E-state index contributed by atoms with van der Waals surface area (Å²) in [5.74, 6) is 0.583. The van der Waals surface area contributed by atoms with Crippen LogP contribution in [0.2, 0.25) is 0 Å². The van der Waals surface area contributed by atoms with Crippen molar-refractivity contribution >= 4 is 11.7 Å². The lowest BCUT2D eigenvalue weighted by Crippen LogP contribution is -2.33. The SMILES string of the molecule is CC(C)CC(C)NC(=O)c1ccc(-n2nc(-c3cccc(C(F)(F)F)c3)cc2N)cc1. The minimum atomic E-state index is -4.44. The molecule has 0 aliphatic carbocycles. The number of carbonyl (C=O) groups is 1. The maximum absolute atomic E-state index is 13.0. The molecule has 8 heteroatoms. The monoisotopic (exact) mass is 430 g/mol. The van der Waals surface area contributed by atoms with Crippen LogP contribution < -0.4 is 11.1 Å². The van der Waals surface area contributed by atoms with Crippen LogP contribution in [0.3, 0.4) is 0 Å². The van der Waals surface area contributed by atoms with Crippen molar-refractivity contribution in [1.82, 2.24) is 15.1 Å². The number of hydrogen-bond donors (Lipinski definition) is 2. The van der Waals surface area contributed by atoms with E-state index in [4.69, 9.17) is 5.73 Å². The molecule has 1 atom stereocenters. The van der Waals surface area contributed by atoms with Crippen molar-refractivity contribution in [1.29, 1.82) is 0 Å². The smallest absolute Gasteiger partial charge is 0.384 e. The number of halogens is 3. The number of nitrogens with two attached hydrogens (primary N) is 1. The summed E-state index contributed by atoms with van der Waals surface area (Å²) in [6.45, 7) is 6.16. The minimum Gasteiger partial charge on any atom is -0.384 e. The zero-order chi connectivity index (χ0) is 22.8. The van der Waals surface area contributed by atoms with Gasteiger partial charge in [-0.05, 0) is 55.7 Å². The molecule has 1 amide bonds. The van der Waals surface area contributed by atoms with Crippen LogP contribution in [-0.4, -0.2) is 21.7 Å². The minimum absolute atomic E-state index is 0.0592. The summed E-state index contributed by atoms with van der Waals surface area (Å²) >= 11 is 0. The van der Waals surface area contributed by atoms with Crippen molar-refractivity contribution in [2.75, 3.05) is 5.73 Å². The first kappa shape index (κ1) is 22.4. The van der Waals surface area contributed by atoms with E-state index in [0.717, 1.165) is 18.6 Å². The summed E-state index contributed by atoms with van der Waals surface area (Å²) in [4.78, 5) is 12.4. The van der Waals surface area contributed by atoms with Crippen LogP contribution in [0, 0.1) is 5.92 Å². The molecule has 5 nitrogen and oxygen atoms in total. The van der Waals surface area contributed by atoms with Gasteiger partial charge in [-0.15, -0.1) is 0 Å². The molecule has 31 heavy (non-hydrogen) atoms. The molecule has 1 heterocycles. The molecule has 1 unspecified atom stereocenters. The Morgan fingerprint density at radius 2 is 1.77 bits per heavy atom. The second kappa shape index (κ2) is 8.83. The van der Waals surface area contributed by atoms with Gasteiger partial charge < -0.3 is 11.1 Å². The molecular formula is C23H25F3N4O. The van der Waals surface area contributed by atoms with Crippen LogP contribution in [0.5, 0.6) is 0 Å². The highest BCUT2D eigenvalue weighted by Gasteiger charge is 2.30. The highest BCUT2D eigenvalue weighted by atomic mass is 19.4. The maximum atomic E-state index is 13.0. The highest BCUT2D eigenvalue weighted by molar-refractivity contribution is 5.94. The quantitative estimate of drug-likeness (QED) is 0.557. The van der Waals surface area contributed by atoms with Gasteiger partial charge in [0.05, 0.1) is 16.9 Å². The van der Waals surface area contributed by atoms with Crippen LogP contribution in [0.4, 0.5) is 19.0 Å². The van der Waals surface area contributed by atoms with Crippen molar-refractivity contribution < 1.29 is 18.0 Å². The molecule has 164 valence electrons. The predicted octanol–water partition coefficient (Wildman–Crippen LogP) is 5.30. The predicted molar refractivity (Wildman–Crippen MR) is 115 cm³/mol. The molecule has 0 spiro atoms. The first-order valence-electron chi connectivity index (χ1n) is 9.99. The maximum Gasteiger partial charge on any atom is 0.416 e. The molecule has 0 radical (unpaired) electrons. The van der Waals surface area contributed by atoms with Crippen molar-refractivity contribution in [3.05, 3.63) is 65.7 Å². The summed E-state index contributed by atoms with van der Waals surface area (Å²) in [6.07, 6.45) is -3.56. The van der Waals surface area contributed by atoms with E-state index in [9.17, 15) is 18.0 Å². The normalized spacial score (nSPS) is 12.7. The average Bonchev–Trinajstić information content (AvgIpc) is 3.08. The van der Waals surface area contributed by atoms with Crippen molar-refractivity contribution in [3.8, 4) is 16.9 Å². The highest BCUT2D eigenvalue weighted by Crippen LogP contribution is 2.32. The van der Waals surface area contributed by atoms with Crippen molar-refractivity contribution in [3.63, 3.8) is 0 Å². The third-order valence-corrected chi connectivity index (χ3v) is 4.80. The number of benzene rings is 2. The van der Waals surface area contributed by atoms with E-state index in [0.29, 0.717) is 28.4 Å². The van der Waals surface area contributed by atoms with Gasteiger partial charge in [0.15, 0.2) is 0 Å². The number of aromatic nitrogens is 2. The van der Waals surface area contributed by atoms with Gasteiger partial charge in [-0.2, -0.15) is 18.3 Å². The van der Waals surface area contributed by atoms with Crippen LogP contribution in [0.25, 0.3) is 16.9 Å². The number of hydrogen-bond acceptors (Lipinski definition) is 3. The number of rotatable bonds is 6. The Morgan fingerprint density at radius 1 is 1.10 bits per heavy atom. The molecule has 1 aromatic heterocycles. The first-order chi connectivity index (χ1) is 14.5. The van der Waals surface area contributed by atoms with Crippen LogP contribution in [0.1, 0.15) is 43.1 Å². The zero-order valence-corrected chi connectivity index (χ0v) is 17.6. The Bertz CT molecular complexity index is 1060. The van der Waals surface area contributed by atoms with E-state index >= 15 is 0 Å². The van der Waals surface area contributed by atoms with Crippen LogP contribution in [-0.2, 0) is 6.18 Å². The molecule has 0 saturated heterocycles.